The van der Waals surface area contributed by atoms with E-state index in [1.165, 1.54) is 31.7 Å². The van der Waals surface area contributed by atoms with Crippen LogP contribution in [0.15, 0.2) is 18.2 Å². The predicted molar refractivity (Wildman–Crippen MR) is 91.4 cm³/mol. The largest absolute Gasteiger partial charge is 0.490 e. The van der Waals surface area contributed by atoms with Crippen molar-refractivity contribution in [3.63, 3.8) is 0 Å². The lowest BCUT2D eigenvalue weighted by molar-refractivity contribution is 0.288. The molecule has 0 saturated heterocycles. The van der Waals surface area contributed by atoms with Crippen LogP contribution in [0.2, 0.25) is 0 Å². The quantitative estimate of drug-likeness (QED) is 0.452. The number of nitrogens with one attached hydrogen (secondary N) is 1. The molecular weight excluding hydrogens is 299 g/mol. The van der Waals surface area contributed by atoms with Gasteiger partial charge in [0.1, 0.15) is 0 Å². The maximum atomic E-state index is 13.7. The molecule has 0 heterocycles. The van der Waals surface area contributed by atoms with Gasteiger partial charge in [0, 0.05) is 12.3 Å². The summed E-state index contributed by atoms with van der Waals surface area (Å²) in [6.07, 6.45) is 7.10. The number of halogens is 1. The monoisotopic (exact) mass is 326 g/mol. The molecule has 22 heavy (non-hydrogen) atoms. The maximum Gasteiger partial charge on any atom is 0.165 e. The minimum absolute atomic E-state index is 0.269. The highest BCUT2D eigenvalue weighted by molar-refractivity contribution is 7.97. The van der Waals surface area contributed by atoms with Gasteiger partial charge in [-0.25, -0.2) is 4.39 Å². The lowest BCUT2D eigenvalue weighted by Crippen LogP contribution is -2.06. The molecule has 0 aromatic heterocycles. The normalized spacial score (nSPS) is 14.3. The number of hydrogen-bond donors (Lipinski definition) is 2. The first-order valence-electron chi connectivity index (χ1n) is 8.25. The van der Waals surface area contributed by atoms with Gasteiger partial charge in [-0.1, -0.05) is 37.3 Å². The van der Waals surface area contributed by atoms with E-state index in [1.54, 1.807) is 11.9 Å². The van der Waals surface area contributed by atoms with Crippen molar-refractivity contribution in [3.05, 3.63) is 29.6 Å². The Morgan fingerprint density at radius 3 is 2.91 bits per heavy atom. The highest BCUT2D eigenvalue weighted by atomic mass is 32.2. The summed E-state index contributed by atoms with van der Waals surface area (Å²) in [6, 6.07) is 5.12. The SMILES string of the molecule is NCCCCCSNCc1ccc(F)c(OCCC2CC2)c1. The van der Waals surface area contributed by atoms with Crippen LogP contribution in [-0.4, -0.2) is 18.9 Å². The zero-order valence-electron chi connectivity index (χ0n) is 13.2. The molecule has 0 radical (unpaired) electrons. The lowest BCUT2D eigenvalue weighted by atomic mass is 10.2. The number of hydrogen-bond acceptors (Lipinski definition) is 4. The molecule has 2 rings (SSSR count). The van der Waals surface area contributed by atoms with E-state index in [0.29, 0.717) is 12.4 Å². The molecule has 1 fully saturated rings. The third-order valence-corrected chi connectivity index (χ3v) is 4.65. The van der Waals surface area contributed by atoms with Gasteiger partial charge in [0.2, 0.25) is 0 Å². The molecule has 1 saturated carbocycles. The molecule has 1 aromatic carbocycles. The van der Waals surface area contributed by atoms with Crippen LogP contribution in [0.1, 0.15) is 44.1 Å². The second kappa shape index (κ2) is 10.1. The average Bonchev–Trinajstić information content (AvgIpc) is 3.33. The van der Waals surface area contributed by atoms with E-state index in [0.717, 1.165) is 43.2 Å². The van der Waals surface area contributed by atoms with Crippen LogP contribution >= 0.6 is 11.9 Å². The molecule has 0 spiro atoms. The van der Waals surface area contributed by atoms with Crippen LogP contribution < -0.4 is 15.2 Å². The Balaban J connectivity index is 1.64. The van der Waals surface area contributed by atoms with Crippen molar-refractivity contribution in [2.75, 3.05) is 18.9 Å². The Morgan fingerprint density at radius 2 is 2.14 bits per heavy atom. The van der Waals surface area contributed by atoms with Gasteiger partial charge in [0.15, 0.2) is 11.6 Å². The Kier molecular flexibility index (Phi) is 8.05. The smallest absolute Gasteiger partial charge is 0.165 e. The van der Waals surface area contributed by atoms with Crippen molar-refractivity contribution in [2.24, 2.45) is 11.7 Å². The van der Waals surface area contributed by atoms with Crippen LogP contribution in [0, 0.1) is 11.7 Å². The second-order valence-corrected chi connectivity index (χ2v) is 6.85. The third kappa shape index (κ3) is 6.99. The van der Waals surface area contributed by atoms with E-state index in [4.69, 9.17) is 10.5 Å². The summed E-state index contributed by atoms with van der Waals surface area (Å²) in [5.74, 6) is 2.00. The average molecular weight is 326 g/mol. The highest BCUT2D eigenvalue weighted by Crippen LogP contribution is 2.32. The molecule has 3 nitrogen and oxygen atoms in total. The van der Waals surface area contributed by atoms with Gasteiger partial charge in [-0.2, -0.15) is 0 Å². The summed E-state index contributed by atoms with van der Waals surface area (Å²) >= 11 is 1.71. The molecule has 0 bridgehead atoms. The Labute approximate surface area is 137 Å². The molecule has 0 amide bonds. The molecule has 0 atom stereocenters. The summed E-state index contributed by atoms with van der Waals surface area (Å²) < 4.78 is 22.6. The van der Waals surface area contributed by atoms with Crippen molar-refractivity contribution in [2.45, 2.75) is 45.1 Å². The van der Waals surface area contributed by atoms with Crippen molar-refractivity contribution >= 4 is 11.9 Å². The molecule has 5 heteroatoms. The Bertz CT molecular complexity index is 441. The van der Waals surface area contributed by atoms with Crippen molar-refractivity contribution in [1.82, 2.24) is 4.72 Å². The minimum Gasteiger partial charge on any atom is -0.490 e. The van der Waals surface area contributed by atoms with Crippen LogP contribution in [-0.2, 0) is 6.54 Å². The van der Waals surface area contributed by atoms with Crippen LogP contribution in [0.25, 0.3) is 0 Å². The summed E-state index contributed by atoms with van der Waals surface area (Å²) in [7, 11) is 0. The van der Waals surface area contributed by atoms with E-state index in [9.17, 15) is 4.39 Å². The molecule has 3 N–H and O–H groups in total. The Hall–Kier alpha value is -0.780. The number of rotatable bonds is 12. The lowest BCUT2D eigenvalue weighted by Gasteiger charge is -2.09. The number of nitrogens with two attached hydrogens (primary N) is 1. The molecule has 1 aliphatic carbocycles. The van der Waals surface area contributed by atoms with Gasteiger partial charge >= 0.3 is 0 Å². The predicted octanol–water partition coefficient (Wildman–Crippen LogP) is 3.87. The zero-order valence-corrected chi connectivity index (χ0v) is 14.0. The molecule has 1 aliphatic rings. The van der Waals surface area contributed by atoms with Gasteiger partial charge < -0.3 is 10.5 Å². The summed E-state index contributed by atoms with van der Waals surface area (Å²) in [5.41, 5.74) is 6.51. The van der Waals surface area contributed by atoms with Crippen LogP contribution in [0.5, 0.6) is 5.75 Å². The molecule has 0 unspecified atom stereocenters. The fraction of sp³-hybridized carbons (Fsp3) is 0.647. The van der Waals surface area contributed by atoms with E-state index >= 15 is 0 Å². The maximum absolute atomic E-state index is 13.7. The number of unbranched alkanes of at least 4 members (excludes halogenated alkanes) is 2. The molecule has 124 valence electrons. The number of benzene rings is 1. The number of ether oxygens (including phenoxy) is 1. The summed E-state index contributed by atoms with van der Waals surface area (Å²) in [5, 5.41) is 0. The van der Waals surface area contributed by atoms with Crippen molar-refractivity contribution in [1.29, 1.82) is 0 Å². The van der Waals surface area contributed by atoms with Gasteiger partial charge in [-0.15, -0.1) is 0 Å². The van der Waals surface area contributed by atoms with E-state index in [2.05, 4.69) is 4.72 Å². The fourth-order valence-electron chi connectivity index (χ4n) is 2.21. The molecule has 0 aliphatic heterocycles. The van der Waals surface area contributed by atoms with Gasteiger partial charge in [0.25, 0.3) is 0 Å². The summed E-state index contributed by atoms with van der Waals surface area (Å²) in [4.78, 5) is 0. The minimum atomic E-state index is -0.269. The first-order chi connectivity index (χ1) is 10.8. The molecule has 1 aromatic rings. The standard InChI is InChI=1S/C17H27FN2OS/c18-16-7-6-15(13-20-22-11-3-1-2-9-19)12-17(16)21-10-8-14-4-5-14/h6-7,12,14,20H,1-5,8-11,13,19H2. The van der Waals surface area contributed by atoms with Crippen molar-refractivity contribution in [3.8, 4) is 5.75 Å². The van der Waals surface area contributed by atoms with E-state index in [-0.39, 0.29) is 5.82 Å². The second-order valence-electron chi connectivity index (χ2n) is 5.86. The highest BCUT2D eigenvalue weighted by Gasteiger charge is 2.20. The first-order valence-corrected chi connectivity index (χ1v) is 9.24. The summed E-state index contributed by atoms with van der Waals surface area (Å²) in [6.45, 7) is 2.12. The van der Waals surface area contributed by atoms with Gasteiger partial charge in [-0.05, 0) is 49.4 Å². The topological polar surface area (TPSA) is 47.3 Å². The van der Waals surface area contributed by atoms with Crippen LogP contribution in [0.4, 0.5) is 4.39 Å². The van der Waals surface area contributed by atoms with Gasteiger partial charge in [-0.3, -0.25) is 4.72 Å². The van der Waals surface area contributed by atoms with E-state index in [1.807, 2.05) is 12.1 Å². The van der Waals surface area contributed by atoms with E-state index < -0.39 is 0 Å². The third-order valence-electron chi connectivity index (χ3n) is 3.81. The molecular formula is C17H27FN2OS. The first kappa shape index (κ1) is 17.6. The fourth-order valence-corrected chi connectivity index (χ4v) is 2.97. The van der Waals surface area contributed by atoms with Crippen molar-refractivity contribution < 1.29 is 9.13 Å². The van der Waals surface area contributed by atoms with Crippen LogP contribution in [0.3, 0.4) is 0 Å². The van der Waals surface area contributed by atoms with Gasteiger partial charge in [0.05, 0.1) is 6.61 Å². The Morgan fingerprint density at radius 1 is 1.27 bits per heavy atom. The zero-order chi connectivity index (χ0) is 15.6.